The minimum absolute atomic E-state index is 0.228. The molecule has 0 bridgehead atoms. The van der Waals surface area contributed by atoms with Crippen LogP contribution in [0.4, 0.5) is 4.79 Å². The lowest BCUT2D eigenvalue weighted by Gasteiger charge is -2.37. The Balaban J connectivity index is 2.51. The van der Waals surface area contributed by atoms with Gasteiger partial charge >= 0.3 is 6.09 Å². The molecule has 0 aliphatic heterocycles. The number of ether oxygens (including phenoxy) is 1. The number of amides is 1. The molecule has 1 unspecified atom stereocenters. The van der Waals surface area contributed by atoms with Crippen molar-refractivity contribution in [2.24, 2.45) is 5.41 Å². The van der Waals surface area contributed by atoms with E-state index in [1.807, 2.05) is 25.7 Å². The van der Waals surface area contributed by atoms with Crippen LogP contribution in [0.2, 0.25) is 0 Å². The van der Waals surface area contributed by atoms with E-state index in [-0.39, 0.29) is 11.6 Å². The molecule has 1 aliphatic carbocycles. The highest BCUT2D eigenvalue weighted by molar-refractivity contribution is 5.69. The molecular weight excluding hydrogens is 276 g/mol. The summed E-state index contributed by atoms with van der Waals surface area (Å²) >= 11 is 0. The third-order valence-corrected chi connectivity index (χ3v) is 4.16. The fraction of sp³-hybridized carbons (Fsp3) is 0.944. The number of rotatable bonds is 4. The second kappa shape index (κ2) is 6.77. The van der Waals surface area contributed by atoms with Gasteiger partial charge < -0.3 is 15.0 Å². The average Bonchev–Trinajstić information content (AvgIpc) is 2.60. The second-order valence-corrected chi connectivity index (χ2v) is 9.36. The molecule has 1 rings (SSSR count). The first-order valence-electron chi connectivity index (χ1n) is 8.54. The molecule has 0 aromatic rings. The number of hydrogen-bond acceptors (Lipinski definition) is 3. The minimum Gasteiger partial charge on any atom is -0.444 e. The Morgan fingerprint density at radius 3 is 2.23 bits per heavy atom. The highest BCUT2D eigenvalue weighted by Gasteiger charge is 2.32. The smallest absolute Gasteiger partial charge is 0.410 e. The van der Waals surface area contributed by atoms with Crippen molar-refractivity contribution >= 4 is 6.09 Å². The topological polar surface area (TPSA) is 41.6 Å². The third kappa shape index (κ3) is 6.55. The Morgan fingerprint density at radius 2 is 1.82 bits per heavy atom. The molecular formula is C18H36N2O2. The Bertz CT molecular complexity index is 378. The van der Waals surface area contributed by atoms with Gasteiger partial charge in [-0.15, -0.1) is 0 Å². The quantitative estimate of drug-likeness (QED) is 0.846. The fourth-order valence-corrected chi connectivity index (χ4v) is 3.01. The Hall–Kier alpha value is -0.770. The fourth-order valence-electron chi connectivity index (χ4n) is 3.01. The summed E-state index contributed by atoms with van der Waals surface area (Å²) in [6, 6.07) is 0.579. The van der Waals surface area contributed by atoms with E-state index in [9.17, 15) is 4.79 Å². The highest BCUT2D eigenvalue weighted by Crippen LogP contribution is 2.36. The van der Waals surface area contributed by atoms with Gasteiger partial charge in [0, 0.05) is 24.7 Å². The lowest BCUT2D eigenvalue weighted by molar-refractivity contribution is 0.00645. The van der Waals surface area contributed by atoms with Gasteiger partial charge in [-0.1, -0.05) is 13.8 Å². The minimum atomic E-state index is -0.455. The summed E-state index contributed by atoms with van der Waals surface area (Å²) in [6.45, 7) is 18.0. The Kier molecular flexibility index (Phi) is 5.94. The van der Waals surface area contributed by atoms with Gasteiger partial charge in [-0.05, 0) is 66.2 Å². The number of carbonyl (C=O) groups excluding carboxylic acids is 1. The maximum Gasteiger partial charge on any atom is 0.410 e. The average molecular weight is 312 g/mol. The summed E-state index contributed by atoms with van der Waals surface area (Å²) in [5.74, 6) is 0. The van der Waals surface area contributed by atoms with Crippen LogP contribution >= 0.6 is 0 Å². The molecule has 1 fully saturated rings. The number of nitrogens with one attached hydrogen (secondary N) is 1. The van der Waals surface area contributed by atoms with E-state index in [4.69, 9.17) is 4.74 Å². The molecule has 1 saturated carbocycles. The molecule has 4 nitrogen and oxygen atoms in total. The summed E-state index contributed by atoms with van der Waals surface area (Å²) in [5, 5.41) is 3.61. The number of hydrogen-bond donors (Lipinski definition) is 1. The van der Waals surface area contributed by atoms with Crippen LogP contribution in [-0.4, -0.2) is 41.3 Å². The van der Waals surface area contributed by atoms with E-state index in [0.29, 0.717) is 18.0 Å². The van der Waals surface area contributed by atoms with Crippen molar-refractivity contribution in [3.63, 3.8) is 0 Å². The van der Waals surface area contributed by atoms with E-state index in [0.717, 1.165) is 6.54 Å². The van der Waals surface area contributed by atoms with Crippen LogP contribution in [0.5, 0.6) is 0 Å². The summed E-state index contributed by atoms with van der Waals surface area (Å²) in [7, 11) is 0. The van der Waals surface area contributed by atoms with Crippen LogP contribution < -0.4 is 5.32 Å². The van der Waals surface area contributed by atoms with Crippen LogP contribution in [0, 0.1) is 5.41 Å². The van der Waals surface area contributed by atoms with Crippen LogP contribution in [0.1, 0.15) is 74.7 Å². The van der Waals surface area contributed by atoms with Gasteiger partial charge in [0.25, 0.3) is 0 Å². The predicted octanol–water partition coefficient (Wildman–Crippen LogP) is 4.19. The van der Waals surface area contributed by atoms with Crippen molar-refractivity contribution in [2.75, 3.05) is 13.1 Å². The van der Waals surface area contributed by atoms with Crippen molar-refractivity contribution in [1.82, 2.24) is 10.2 Å². The van der Waals surface area contributed by atoms with Crippen LogP contribution in [-0.2, 0) is 4.74 Å². The Morgan fingerprint density at radius 1 is 1.23 bits per heavy atom. The number of carbonyl (C=O) groups is 1. The standard InChI is InChI=1S/C18H36N2O2/c1-16(2,3)20(15(21)22-17(4,5)6)12-11-19-14-9-10-18(7,8)13-14/h14,19H,9-13H2,1-8H3. The van der Waals surface area contributed by atoms with Gasteiger partial charge in [0.2, 0.25) is 0 Å². The van der Waals surface area contributed by atoms with Crippen molar-refractivity contribution < 1.29 is 9.53 Å². The molecule has 4 heteroatoms. The van der Waals surface area contributed by atoms with Gasteiger partial charge in [-0.25, -0.2) is 4.79 Å². The first-order chi connectivity index (χ1) is 9.80. The molecule has 0 heterocycles. The lowest BCUT2D eigenvalue weighted by atomic mass is 9.92. The normalized spacial score (nSPS) is 21.7. The van der Waals surface area contributed by atoms with E-state index >= 15 is 0 Å². The maximum atomic E-state index is 12.4. The zero-order valence-corrected chi connectivity index (χ0v) is 15.9. The van der Waals surface area contributed by atoms with Gasteiger partial charge in [-0.2, -0.15) is 0 Å². The molecule has 130 valence electrons. The number of nitrogens with zero attached hydrogens (tertiary/aromatic N) is 1. The van der Waals surface area contributed by atoms with E-state index in [1.165, 1.54) is 19.3 Å². The summed E-state index contributed by atoms with van der Waals surface area (Å²) in [6.07, 6.45) is 3.50. The lowest BCUT2D eigenvalue weighted by Crippen LogP contribution is -2.50. The van der Waals surface area contributed by atoms with Crippen molar-refractivity contribution in [3.05, 3.63) is 0 Å². The van der Waals surface area contributed by atoms with Crippen molar-refractivity contribution in [3.8, 4) is 0 Å². The Labute approximate surface area is 137 Å². The largest absolute Gasteiger partial charge is 0.444 e. The molecule has 22 heavy (non-hydrogen) atoms. The van der Waals surface area contributed by atoms with Gasteiger partial charge in [0.05, 0.1) is 0 Å². The monoisotopic (exact) mass is 312 g/mol. The van der Waals surface area contributed by atoms with Crippen LogP contribution in [0.3, 0.4) is 0 Å². The molecule has 0 radical (unpaired) electrons. The highest BCUT2D eigenvalue weighted by atomic mass is 16.6. The zero-order valence-electron chi connectivity index (χ0n) is 15.9. The molecule has 0 spiro atoms. The van der Waals surface area contributed by atoms with Crippen LogP contribution in [0.25, 0.3) is 0 Å². The molecule has 0 aromatic heterocycles. The van der Waals surface area contributed by atoms with Crippen LogP contribution in [0.15, 0.2) is 0 Å². The molecule has 1 aliphatic rings. The molecule has 0 aromatic carbocycles. The van der Waals surface area contributed by atoms with Gasteiger partial charge in [0.15, 0.2) is 0 Å². The molecule has 1 amide bonds. The maximum absolute atomic E-state index is 12.4. The zero-order chi connectivity index (χ0) is 17.2. The van der Waals surface area contributed by atoms with E-state index < -0.39 is 5.60 Å². The SMILES string of the molecule is CC1(C)CCC(NCCN(C(=O)OC(C)(C)C)C(C)(C)C)C1. The summed E-state index contributed by atoms with van der Waals surface area (Å²) in [4.78, 5) is 14.2. The second-order valence-electron chi connectivity index (χ2n) is 9.36. The summed E-state index contributed by atoms with van der Waals surface area (Å²) in [5.41, 5.74) is -0.241. The third-order valence-electron chi connectivity index (χ3n) is 4.16. The first-order valence-corrected chi connectivity index (χ1v) is 8.54. The van der Waals surface area contributed by atoms with E-state index in [2.05, 4.69) is 39.9 Å². The van der Waals surface area contributed by atoms with E-state index in [1.54, 1.807) is 0 Å². The van der Waals surface area contributed by atoms with Crippen molar-refractivity contribution in [2.45, 2.75) is 91.8 Å². The van der Waals surface area contributed by atoms with Gasteiger partial charge in [-0.3, -0.25) is 0 Å². The molecule has 1 atom stereocenters. The molecule has 1 N–H and O–H groups in total. The first kappa shape index (κ1) is 19.3. The summed E-state index contributed by atoms with van der Waals surface area (Å²) < 4.78 is 5.54. The predicted molar refractivity (Wildman–Crippen MR) is 92.1 cm³/mol. The molecule has 0 saturated heterocycles. The van der Waals surface area contributed by atoms with Gasteiger partial charge in [0.1, 0.15) is 5.60 Å². The van der Waals surface area contributed by atoms with Crippen molar-refractivity contribution in [1.29, 1.82) is 0 Å².